The predicted molar refractivity (Wildman–Crippen MR) is 104 cm³/mol. The maximum absolute atomic E-state index is 5.34. The third-order valence-corrected chi connectivity index (χ3v) is 6.06. The maximum atomic E-state index is 5.34. The van der Waals surface area contributed by atoms with Gasteiger partial charge in [0.05, 0.1) is 24.7 Å². The van der Waals surface area contributed by atoms with Crippen molar-refractivity contribution in [2.45, 2.75) is 56.9 Å². The molecule has 1 aromatic carbocycles. The molecule has 1 aliphatic heterocycles. The molecule has 2 heterocycles. The lowest BCUT2D eigenvalue weighted by atomic mass is 9.89. The van der Waals surface area contributed by atoms with Gasteiger partial charge in [0.1, 0.15) is 5.75 Å². The first-order chi connectivity index (χ1) is 12.8. The van der Waals surface area contributed by atoms with E-state index in [2.05, 4.69) is 16.0 Å². The molecular weight excluding hydrogens is 322 g/mol. The van der Waals surface area contributed by atoms with Gasteiger partial charge in [-0.2, -0.15) is 0 Å². The average molecular weight is 351 g/mol. The number of rotatable bonds is 4. The molecular formula is C22H29N3O. The summed E-state index contributed by atoms with van der Waals surface area (Å²) in [6.07, 6.45) is 13.3. The monoisotopic (exact) mass is 351 g/mol. The zero-order valence-electron chi connectivity index (χ0n) is 15.7. The number of hydrogen-bond donors (Lipinski definition) is 0. The van der Waals surface area contributed by atoms with E-state index < -0.39 is 0 Å². The van der Waals surface area contributed by atoms with Crippen LogP contribution in [0, 0.1) is 0 Å². The van der Waals surface area contributed by atoms with Gasteiger partial charge >= 0.3 is 0 Å². The third kappa shape index (κ3) is 3.90. The summed E-state index contributed by atoms with van der Waals surface area (Å²) in [7, 11) is 1.70. The Labute approximate surface area is 156 Å². The normalized spacial score (nSPS) is 20.2. The number of ether oxygens (including phenoxy) is 1. The SMILES string of the molecule is COc1cccc(-c2cncc(C3CCN(C4CCCCC4)CC3)n2)c1. The number of likely N-dealkylation sites (tertiary alicyclic amines) is 1. The number of benzene rings is 1. The Morgan fingerprint density at radius 2 is 1.81 bits per heavy atom. The van der Waals surface area contributed by atoms with E-state index in [1.165, 1.54) is 58.0 Å². The van der Waals surface area contributed by atoms with E-state index in [1.807, 2.05) is 30.6 Å². The number of methoxy groups -OCH3 is 1. The molecule has 0 atom stereocenters. The summed E-state index contributed by atoms with van der Waals surface area (Å²) in [5.74, 6) is 1.39. The topological polar surface area (TPSA) is 38.2 Å². The Balaban J connectivity index is 1.44. The first-order valence-corrected chi connectivity index (χ1v) is 10.0. The Hall–Kier alpha value is -1.94. The second-order valence-electron chi connectivity index (χ2n) is 7.66. The van der Waals surface area contributed by atoms with E-state index in [1.54, 1.807) is 7.11 Å². The van der Waals surface area contributed by atoms with Crippen molar-refractivity contribution in [3.8, 4) is 17.0 Å². The van der Waals surface area contributed by atoms with Crippen LogP contribution in [0.5, 0.6) is 5.75 Å². The molecule has 0 radical (unpaired) electrons. The fourth-order valence-corrected chi connectivity index (χ4v) is 4.51. The minimum absolute atomic E-state index is 0.535. The van der Waals surface area contributed by atoms with E-state index in [0.29, 0.717) is 5.92 Å². The zero-order chi connectivity index (χ0) is 17.8. The van der Waals surface area contributed by atoms with Crippen LogP contribution in [0.1, 0.15) is 56.6 Å². The predicted octanol–water partition coefficient (Wildman–Crippen LogP) is 4.66. The maximum Gasteiger partial charge on any atom is 0.119 e. The van der Waals surface area contributed by atoms with Crippen molar-refractivity contribution >= 4 is 0 Å². The Kier molecular flexibility index (Phi) is 5.49. The van der Waals surface area contributed by atoms with E-state index in [9.17, 15) is 0 Å². The summed E-state index contributed by atoms with van der Waals surface area (Å²) in [6.45, 7) is 2.42. The van der Waals surface area contributed by atoms with Crippen LogP contribution in [-0.4, -0.2) is 41.1 Å². The third-order valence-electron chi connectivity index (χ3n) is 6.06. The van der Waals surface area contributed by atoms with Crippen LogP contribution in [0.3, 0.4) is 0 Å². The molecule has 1 saturated heterocycles. The van der Waals surface area contributed by atoms with Crippen LogP contribution < -0.4 is 4.74 Å². The molecule has 0 spiro atoms. The molecule has 0 N–H and O–H groups in total. The van der Waals surface area contributed by atoms with Crippen LogP contribution in [0.15, 0.2) is 36.7 Å². The molecule has 26 heavy (non-hydrogen) atoms. The smallest absolute Gasteiger partial charge is 0.119 e. The Morgan fingerprint density at radius 1 is 1.00 bits per heavy atom. The molecule has 0 unspecified atom stereocenters. The second kappa shape index (κ2) is 8.17. The minimum Gasteiger partial charge on any atom is -0.497 e. The van der Waals surface area contributed by atoms with Crippen LogP contribution >= 0.6 is 0 Å². The van der Waals surface area contributed by atoms with Crippen LogP contribution in [0.2, 0.25) is 0 Å². The molecule has 4 heteroatoms. The van der Waals surface area contributed by atoms with E-state index in [-0.39, 0.29) is 0 Å². The van der Waals surface area contributed by atoms with Gasteiger partial charge in [-0.05, 0) is 50.9 Å². The van der Waals surface area contributed by atoms with Gasteiger partial charge in [0, 0.05) is 23.7 Å². The highest BCUT2D eigenvalue weighted by atomic mass is 16.5. The van der Waals surface area contributed by atoms with Gasteiger partial charge in [0.15, 0.2) is 0 Å². The first-order valence-electron chi connectivity index (χ1n) is 10.0. The Morgan fingerprint density at radius 3 is 2.58 bits per heavy atom. The highest BCUT2D eigenvalue weighted by Crippen LogP contribution is 2.32. The lowest BCUT2D eigenvalue weighted by Gasteiger charge is -2.39. The minimum atomic E-state index is 0.535. The summed E-state index contributed by atoms with van der Waals surface area (Å²) in [6, 6.07) is 8.90. The number of aromatic nitrogens is 2. The standard InChI is InChI=1S/C22H29N3O/c1-26-20-9-5-6-18(14-20)22-16-23-15-21(24-22)17-10-12-25(13-11-17)19-7-3-2-4-8-19/h5-6,9,14-17,19H,2-4,7-8,10-13H2,1H3. The van der Waals surface area contributed by atoms with Crippen LogP contribution in [0.25, 0.3) is 11.3 Å². The Bertz CT molecular complexity index is 719. The largest absolute Gasteiger partial charge is 0.497 e. The van der Waals surface area contributed by atoms with Crippen molar-refractivity contribution < 1.29 is 4.74 Å². The highest BCUT2D eigenvalue weighted by Gasteiger charge is 2.27. The number of hydrogen-bond acceptors (Lipinski definition) is 4. The summed E-state index contributed by atoms with van der Waals surface area (Å²) in [4.78, 5) is 12.2. The lowest BCUT2D eigenvalue weighted by molar-refractivity contribution is 0.121. The fourth-order valence-electron chi connectivity index (χ4n) is 4.51. The van der Waals surface area contributed by atoms with Gasteiger partial charge in [-0.1, -0.05) is 31.4 Å². The van der Waals surface area contributed by atoms with Gasteiger partial charge in [-0.15, -0.1) is 0 Å². The van der Waals surface area contributed by atoms with Crippen LogP contribution in [-0.2, 0) is 0 Å². The molecule has 2 aliphatic rings. The molecule has 138 valence electrons. The molecule has 4 rings (SSSR count). The zero-order valence-corrected chi connectivity index (χ0v) is 15.7. The van der Waals surface area contributed by atoms with E-state index in [4.69, 9.17) is 9.72 Å². The van der Waals surface area contributed by atoms with Gasteiger partial charge < -0.3 is 9.64 Å². The van der Waals surface area contributed by atoms with Crippen molar-refractivity contribution in [2.75, 3.05) is 20.2 Å². The van der Waals surface area contributed by atoms with Crippen molar-refractivity contribution in [3.63, 3.8) is 0 Å². The summed E-state index contributed by atoms with van der Waals surface area (Å²) in [5.41, 5.74) is 3.16. The molecule has 1 aliphatic carbocycles. The molecule has 1 saturated carbocycles. The molecule has 2 fully saturated rings. The van der Waals surface area contributed by atoms with Gasteiger partial charge in [-0.3, -0.25) is 4.98 Å². The lowest BCUT2D eigenvalue weighted by Crippen LogP contribution is -2.42. The van der Waals surface area contributed by atoms with Gasteiger partial charge in [-0.25, -0.2) is 4.98 Å². The van der Waals surface area contributed by atoms with Crippen LogP contribution in [0.4, 0.5) is 0 Å². The summed E-state index contributed by atoms with van der Waals surface area (Å²) >= 11 is 0. The van der Waals surface area contributed by atoms with E-state index in [0.717, 1.165) is 28.7 Å². The van der Waals surface area contributed by atoms with Crippen molar-refractivity contribution in [1.29, 1.82) is 0 Å². The van der Waals surface area contributed by atoms with Crippen molar-refractivity contribution in [2.24, 2.45) is 0 Å². The molecule has 4 nitrogen and oxygen atoms in total. The number of nitrogens with zero attached hydrogens (tertiary/aromatic N) is 3. The van der Waals surface area contributed by atoms with E-state index >= 15 is 0 Å². The van der Waals surface area contributed by atoms with Crippen molar-refractivity contribution in [3.05, 3.63) is 42.4 Å². The van der Waals surface area contributed by atoms with Crippen molar-refractivity contribution in [1.82, 2.24) is 14.9 Å². The van der Waals surface area contributed by atoms with Gasteiger partial charge in [0.2, 0.25) is 0 Å². The second-order valence-corrected chi connectivity index (χ2v) is 7.66. The van der Waals surface area contributed by atoms with Gasteiger partial charge in [0.25, 0.3) is 0 Å². The molecule has 0 amide bonds. The molecule has 0 bridgehead atoms. The summed E-state index contributed by atoms with van der Waals surface area (Å²) < 4.78 is 5.34. The molecule has 1 aromatic heterocycles. The first kappa shape index (κ1) is 17.5. The average Bonchev–Trinajstić information content (AvgIpc) is 2.75. The quantitative estimate of drug-likeness (QED) is 0.803. The highest BCUT2D eigenvalue weighted by molar-refractivity contribution is 5.60. The molecule has 2 aromatic rings. The fraction of sp³-hybridized carbons (Fsp3) is 0.545. The number of piperidine rings is 1. The summed E-state index contributed by atoms with van der Waals surface area (Å²) in [5, 5.41) is 0.